The van der Waals surface area contributed by atoms with Crippen LogP contribution >= 0.6 is 0 Å². The van der Waals surface area contributed by atoms with Gasteiger partial charge in [0.25, 0.3) is 0 Å². The molecular weight excluding hydrogens is 380 g/mol. The fourth-order valence-corrected chi connectivity index (χ4v) is 3.06. The number of hydrogen-bond acceptors (Lipinski definition) is 9. The van der Waals surface area contributed by atoms with Crippen molar-refractivity contribution in [2.24, 2.45) is 0 Å². The fourth-order valence-electron chi connectivity index (χ4n) is 3.06. The number of morpholine rings is 1. The summed E-state index contributed by atoms with van der Waals surface area (Å²) < 4.78 is 26.8. The third-order valence-corrected chi connectivity index (χ3v) is 4.56. The molecule has 0 atom stereocenters. The molecule has 1 aliphatic heterocycles. The van der Waals surface area contributed by atoms with E-state index < -0.39 is 0 Å². The van der Waals surface area contributed by atoms with Gasteiger partial charge in [-0.3, -0.25) is 9.69 Å². The van der Waals surface area contributed by atoms with Gasteiger partial charge in [-0.25, -0.2) is 0 Å². The first-order chi connectivity index (χ1) is 14.1. The molecule has 1 aliphatic rings. The summed E-state index contributed by atoms with van der Waals surface area (Å²) in [5, 5.41) is 10.6. The van der Waals surface area contributed by atoms with Gasteiger partial charge in [0.1, 0.15) is 0 Å². The number of hydrogen-bond donors (Lipinski definition) is 1. The molecule has 158 valence electrons. The Morgan fingerprint density at radius 2 is 1.79 bits per heavy atom. The maximum Gasteiger partial charge on any atom is 0.308 e. The average Bonchev–Trinajstić information content (AvgIpc) is 3.22. The maximum atomic E-state index is 12.2. The van der Waals surface area contributed by atoms with E-state index >= 15 is 0 Å². The van der Waals surface area contributed by atoms with Gasteiger partial charge in [0.2, 0.25) is 11.6 Å². The van der Waals surface area contributed by atoms with Gasteiger partial charge in [-0.1, -0.05) is 0 Å². The van der Waals surface area contributed by atoms with Crippen LogP contribution in [-0.4, -0.2) is 81.7 Å². The Kier molecular flexibility index (Phi) is 7.25. The SMILES string of the molecule is COc1cc(Cc2nnc(C(=O)NCCN3CCOCC3)o2)cc(OC)c1OC. The van der Waals surface area contributed by atoms with Gasteiger partial charge in [0, 0.05) is 26.2 Å². The second kappa shape index (κ2) is 10.1. The van der Waals surface area contributed by atoms with Gasteiger partial charge >= 0.3 is 11.8 Å². The molecule has 0 radical (unpaired) electrons. The Bertz CT molecular complexity index is 794. The standard InChI is InChI=1S/C19H26N4O6/c1-25-14-10-13(11-15(26-2)17(14)27-3)12-16-21-22-19(29-16)18(24)20-4-5-23-6-8-28-9-7-23/h10-11H,4-9,12H2,1-3H3,(H,20,24). The van der Waals surface area contributed by atoms with E-state index in [1.54, 1.807) is 33.5 Å². The van der Waals surface area contributed by atoms with Crippen LogP contribution in [0.1, 0.15) is 22.1 Å². The number of nitrogens with zero attached hydrogens (tertiary/aromatic N) is 3. The quantitative estimate of drug-likeness (QED) is 0.645. The number of benzene rings is 1. The maximum absolute atomic E-state index is 12.2. The number of ether oxygens (including phenoxy) is 4. The minimum Gasteiger partial charge on any atom is -0.493 e. The highest BCUT2D eigenvalue weighted by atomic mass is 16.5. The highest BCUT2D eigenvalue weighted by molar-refractivity contribution is 5.89. The van der Waals surface area contributed by atoms with E-state index in [0.717, 1.165) is 38.4 Å². The van der Waals surface area contributed by atoms with Crippen LogP contribution in [0.4, 0.5) is 0 Å². The predicted molar refractivity (Wildman–Crippen MR) is 103 cm³/mol. The summed E-state index contributed by atoms with van der Waals surface area (Å²) in [5.74, 6) is 1.43. The first-order valence-corrected chi connectivity index (χ1v) is 9.34. The summed E-state index contributed by atoms with van der Waals surface area (Å²) >= 11 is 0. The van der Waals surface area contributed by atoms with E-state index in [9.17, 15) is 4.79 Å². The lowest BCUT2D eigenvalue weighted by Gasteiger charge is -2.26. The minimum absolute atomic E-state index is 0.0607. The molecule has 10 nitrogen and oxygen atoms in total. The molecule has 10 heteroatoms. The van der Waals surface area contributed by atoms with Crippen molar-refractivity contribution in [2.45, 2.75) is 6.42 Å². The molecule has 1 aromatic carbocycles. The zero-order valence-electron chi connectivity index (χ0n) is 16.9. The third kappa shape index (κ3) is 5.36. The van der Waals surface area contributed by atoms with Gasteiger partial charge in [0.05, 0.1) is 41.0 Å². The van der Waals surface area contributed by atoms with E-state index in [1.807, 2.05) is 0 Å². The number of carbonyl (C=O) groups is 1. The summed E-state index contributed by atoms with van der Waals surface area (Å²) in [6.07, 6.45) is 0.324. The predicted octanol–water partition coefficient (Wildman–Crippen LogP) is 0.748. The van der Waals surface area contributed by atoms with E-state index in [-0.39, 0.29) is 11.8 Å². The molecule has 1 aromatic heterocycles. The second-order valence-electron chi connectivity index (χ2n) is 6.42. The van der Waals surface area contributed by atoms with Crippen molar-refractivity contribution >= 4 is 5.91 Å². The minimum atomic E-state index is -0.387. The van der Waals surface area contributed by atoms with Crippen molar-refractivity contribution in [3.8, 4) is 17.2 Å². The summed E-state index contributed by atoms with van der Waals surface area (Å²) in [7, 11) is 4.64. The number of amides is 1. The van der Waals surface area contributed by atoms with Crippen LogP contribution in [0.2, 0.25) is 0 Å². The molecule has 0 aliphatic carbocycles. The van der Waals surface area contributed by atoms with E-state index in [2.05, 4.69) is 20.4 Å². The zero-order valence-corrected chi connectivity index (χ0v) is 16.9. The molecule has 2 heterocycles. The summed E-state index contributed by atoms with van der Waals surface area (Å²) in [4.78, 5) is 14.5. The van der Waals surface area contributed by atoms with Crippen molar-refractivity contribution < 1.29 is 28.2 Å². The third-order valence-electron chi connectivity index (χ3n) is 4.56. The Hall–Kier alpha value is -2.85. The number of rotatable bonds is 9. The molecule has 1 amide bonds. The Balaban J connectivity index is 1.59. The van der Waals surface area contributed by atoms with Gasteiger partial charge in [-0.2, -0.15) is 0 Å². The van der Waals surface area contributed by atoms with Crippen molar-refractivity contribution in [3.05, 3.63) is 29.5 Å². The van der Waals surface area contributed by atoms with Crippen LogP contribution in [-0.2, 0) is 11.2 Å². The molecule has 0 unspecified atom stereocenters. The molecule has 0 saturated carbocycles. The summed E-state index contributed by atoms with van der Waals surface area (Å²) in [6.45, 7) is 4.44. The molecule has 1 fully saturated rings. The normalized spacial score (nSPS) is 14.4. The first kappa shape index (κ1) is 20.9. The number of methoxy groups -OCH3 is 3. The average molecular weight is 406 g/mol. The van der Waals surface area contributed by atoms with Crippen molar-refractivity contribution in [2.75, 3.05) is 60.7 Å². The number of aromatic nitrogens is 2. The van der Waals surface area contributed by atoms with Gasteiger partial charge in [0.15, 0.2) is 11.5 Å². The smallest absolute Gasteiger partial charge is 0.308 e. The Labute approximate surface area is 169 Å². The van der Waals surface area contributed by atoms with Gasteiger partial charge < -0.3 is 28.7 Å². The molecule has 3 rings (SSSR count). The topological polar surface area (TPSA) is 108 Å². The van der Waals surface area contributed by atoms with Crippen molar-refractivity contribution in [1.82, 2.24) is 20.4 Å². The van der Waals surface area contributed by atoms with Gasteiger partial charge in [-0.05, 0) is 17.7 Å². The van der Waals surface area contributed by atoms with Crippen molar-refractivity contribution in [1.29, 1.82) is 0 Å². The molecule has 0 bridgehead atoms. The van der Waals surface area contributed by atoms with Crippen LogP contribution in [0.5, 0.6) is 17.2 Å². The van der Waals surface area contributed by atoms with Crippen LogP contribution < -0.4 is 19.5 Å². The lowest BCUT2D eigenvalue weighted by atomic mass is 10.1. The van der Waals surface area contributed by atoms with Crippen LogP contribution in [0.25, 0.3) is 0 Å². The fraction of sp³-hybridized carbons (Fsp3) is 0.526. The zero-order chi connectivity index (χ0) is 20.6. The summed E-state index contributed by atoms with van der Waals surface area (Å²) in [6, 6.07) is 3.60. The monoisotopic (exact) mass is 406 g/mol. The highest BCUT2D eigenvalue weighted by Gasteiger charge is 2.18. The molecular formula is C19H26N4O6. The number of carbonyl (C=O) groups excluding carboxylic acids is 1. The molecule has 2 aromatic rings. The lowest BCUT2D eigenvalue weighted by molar-refractivity contribution is 0.0382. The molecule has 0 spiro atoms. The molecule has 1 saturated heterocycles. The van der Waals surface area contributed by atoms with Gasteiger partial charge in [-0.15, -0.1) is 10.2 Å². The second-order valence-corrected chi connectivity index (χ2v) is 6.42. The highest BCUT2D eigenvalue weighted by Crippen LogP contribution is 2.38. The van der Waals surface area contributed by atoms with E-state index in [0.29, 0.717) is 36.1 Å². The van der Waals surface area contributed by atoms with Crippen LogP contribution in [0.15, 0.2) is 16.5 Å². The Morgan fingerprint density at radius 1 is 1.10 bits per heavy atom. The lowest BCUT2D eigenvalue weighted by Crippen LogP contribution is -2.41. The van der Waals surface area contributed by atoms with Crippen LogP contribution in [0, 0.1) is 0 Å². The Morgan fingerprint density at radius 3 is 2.41 bits per heavy atom. The van der Waals surface area contributed by atoms with Crippen molar-refractivity contribution in [3.63, 3.8) is 0 Å². The molecule has 29 heavy (non-hydrogen) atoms. The van der Waals surface area contributed by atoms with E-state index in [4.69, 9.17) is 23.4 Å². The molecule has 1 N–H and O–H groups in total. The number of nitrogens with one attached hydrogen (secondary N) is 1. The van der Waals surface area contributed by atoms with Crippen LogP contribution in [0.3, 0.4) is 0 Å². The largest absolute Gasteiger partial charge is 0.493 e. The first-order valence-electron chi connectivity index (χ1n) is 9.34. The van der Waals surface area contributed by atoms with E-state index in [1.165, 1.54) is 0 Å². The summed E-state index contributed by atoms with van der Waals surface area (Å²) in [5.41, 5.74) is 0.822.